The van der Waals surface area contributed by atoms with E-state index in [0.29, 0.717) is 18.0 Å². The fraction of sp³-hybridized carbons (Fsp3) is 0.333. The summed E-state index contributed by atoms with van der Waals surface area (Å²) < 4.78 is 27.0. The summed E-state index contributed by atoms with van der Waals surface area (Å²) in [5.74, 6) is 0. The predicted octanol–water partition coefficient (Wildman–Crippen LogP) is 2.37. The summed E-state index contributed by atoms with van der Waals surface area (Å²) in [4.78, 5) is 0.358. The van der Waals surface area contributed by atoms with Crippen LogP contribution in [0.15, 0.2) is 47.4 Å². The lowest BCUT2D eigenvalue weighted by atomic mass is 10.1. The first-order valence-corrected chi connectivity index (χ1v) is 8.27. The molecule has 1 atom stereocenters. The molecule has 1 heterocycles. The van der Waals surface area contributed by atoms with Crippen LogP contribution in [0.1, 0.15) is 12.8 Å². The van der Waals surface area contributed by atoms with Gasteiger partial charge in [0, 0.05) is 19.1 Å². The number of hydrogen-bond donors (Lipinski definition) is 1. The van der Waals surface area contributed by atoms with E-state index in [4.69, 9.17) is 5.73 Å². The quantitative estimate of drug-likeness (QED) is 0.941. The summed E-state index contributed by atoms with van der Waals surface area (Å²) in [5, 5.41) is 1.99. The minimum absolute atomic E-state index is 0. The van der Waals surface area contributed by atoms with Crippen molar-refractivity contribution < 1.29 is 8.42 Å². The number of halogens is 1. The van der Waals surface area contributed by atoms with Crippen LogP contribution in [0.25, 0.3) is 10.8 Å². The fourth-order valence-electron chi connectivity index (χ4n) is 2.82. The van der Waals surface area contributed by atoms with Crippen molar-refractivity contribution in [1.82, 2.24) is 4.31 Å². The average Bonchev–Trinajstić information content (AvgIpc) is 2.96. The van der Waals surface area contributed by atoms with Crippen LogP contribution in [-0.2, 0) is 10.0 Å². The highest BCUT2D eigenvalue weighted by Gasteiger charge is 2.34. The summed E-state index contributed by atoms with van der Waals surface area (Å²) in [6.07, 6.45) is 1.73. The van der Waals surface area contributed by atoms with Crippen LogP contribution in [-0.4, -0.2) is 31.9 Å². The topological polar surface area (TPSA) is 63.4 Å². The van der Waals surface area contributed by atoms with E-state index < -0.39 is 10.0 Å². The van der Waals surface area contributed by atoms with Gasteiger partial charge in [-0.25, -0.2) is 8.42 Å². The van der Waals surface area contributed by atoms with E-state index in [0.717, 1.165) is 23.6 Å². The first-order valence-electron chi connectivity index (χ1n) is 6.83. The first-order chi connectivity index (χ1) is 9.63. The predicted molar refractivity (Wildman–Crippen MR) is 87.2 cm³/mol. The monoisotopic (exact) mass is 326 g/mol. The summed E-state index contributed by atoms with van der Waals surface area (Å²) in [6, 6.07) is 13.0. The Morgan fingerprint density at radius 1 is 1.14 bits per heavy atom. The third-order valence-electron chi connectivity index (χ3n) is 3.92. The van der Waals surface area contributed by atoms with Crippen LogP contribution in [0, 0.1) is 0 Å². The molecule has 6 heteroatoms. The van der Waals surface area contributed by atoms with Crippen molar-refractivity contribution in [3.8, 4) is 0 Å². The Hall–Kier alpha value is -1.14. The maximum atomic E-state index is 12.7. The molecular weight excluding hydrogens is 308 g/mol. The van der Waals surface area contributed by atoms with Crippen LogP contribution in [0.5, 0.6) is 0 Å². The highest BCUT2D eigenvalue weighted by Crippen LogP contribution is 2.27. The number of fused-ring (bicyclic) bond motifs is 1. The van der Waals surface area contributed by atoms with E-state index in [1.807, 2.05) is 30.3 Å². The molecule has 0 radical (unpaired) electrons. The SMILES string of the molecule is Cl.NCC1CCCN1S(=O)(=O)c1ccc2ccccc2c1. The lowest BCUT2D eigenvalue weighted by Crippen LogP contribution is -2.39. The second-order valence-electron chi connectivity index (χ2n) is 5.16. The minimum atomic E-state index is -3.44. The van der Waals surface area contributed by atoms with Gasteiger partial charge in [0.15, 0.2) is 0 Å². The molecule has 3 rings (SSSR count). The third-order valence-corrected chi connectivity index (χ3v) is 5.87. The van der Waals surface area contributed by atoms with Gasteiger partial charge < -0.3 is 5.73 Å². The maximum Gasteiger partial charge on any atom is 0.243 e. The molecule has 0 spiro atoms. The van der Waals surface area contributed by atoms with Crippen LogP contribution < -0.4 is 5.73 Å². The molecule has 0 saturated carbocycles. The Labute approximate surface area is 131 Å². The van der Waals surface area contributed by atoms with E-state index in [1.54, 1.807) is 16.4 Å². The summed E-state index contributed by atoms with van der Waals surface area (Å²) in [5.41, 5.74) is 5.68. The standard InChI is InChI=1S/C15H18N2O2S.ClH/c16-11-14-6-3-9-17(14)20(18,19)15-8-7-12-4-1-2-5-13(12)10-15;/h1-2,4-5,7-8,10,14H,3,6,9,11,16H2;1H. The van der Waals surface area contributed by atoms with E-state index in [2.05, 4.69) is 0 Å². The van der Waals surface area contributed by atoms with Gasteiger partial charge in [-0.05, 0) is 35.7 Å². The van der Waals surface area contributed by atoms with Crippen molar-refractivity contribution in [3.05, 3.63) is 42.5 Å². The van der Waals surface area contributed by atoms with Gasteiger partial charge in [0.2, 0.25) is 10.0 Å². The Morgan fingerprint density at radius 2 is 1.86 bits per heavy atom. The van der Waals surface area contributed by atoms with E-state index >= 15 is 0 Å². The zero-order valence-corrected chi connectivity index (χ0v) is 13.2. The maximum absolute atomic E-state index is 12.7. The number of nitrogens with zero attached hydrogens (tertiary/aromatic N) is 1. The summed E-state index contributed by atoms with van der Waals surface area (Å²) in [6.45, 7) is 0.948. The molecule has 2 N–H and O–H groups in total. The molecule has 1 aliphatic rings. The number of hydrogen-bond acceptors (Lipinski definition) is 3. The average molecular weight is 327 g/mol. The Balaban J connectivity index is 0.00000161. The second kappa shape index (κ2) is 6.32. The first kappa shape index (κ1) is 16.2. The van der Waals surface area contributed by atoms with Gasteiger partial charge in [-0.3, -0.25) is 0 Å². The van der Waals surface area contributed by atoms with Gasteiger partial charge in [0.25, 0.3) is 0 Å². The summed E-state index contributed by atoms with van der Waals surface area (Å²) in [7, 11) is -3.44. The highest BCUT2D eigenvalue weighted by atomic mass is 35.5. The van der Waals surface area contributed by atoms with Crippen LogP contribution >= 0.6 is 12.4 Å². The molecule has 4 nitrogen and oxygen atoms in total. The molecule has 2 aromatic carbocycles. The minimum Gasteiger partial charge on any atom is -0.329 e. The molecular formula is C15H19ClN2O2S. The molecule has 21 heavy (non-hydrogen) atoms. The van der Waals surface area contributed by atoms with E-state index in [1.165, 1.54) is 0 Å². The Bertz CT molecular complexity index is 733. The number of rotatable bonds is 3. The number of sulfonamides is 1. The highest BCUT2D eigenvalue weighted by molar-refractivity contribution is 7.89. The van der Waals surface area contributed by atoms with Crippen molar-refractivity contribution in [3.63, 3.8) is 0 Å². The molecule has 0 amide bonds. The largest absolute Gasteiger partial charge is 0.329 e. The Morgan fingerprint density at radius 3 is 2.57 bits per heavy atom. The van der Waals surface area contributed by atoms with Crippen molar-refractivity contribution >= 4 is 33.2 Å². The molecule has 2 aromatic rings. The Kier molecular flexibility index (Phi) is 4.88. The second-order valence-corrected chi connectivity index (χ2v) is 7.05. The van der Waals surface area contributed by atoms with Gasteiger partial charge >= 0.3 is 0 Å². The normalized spacial score (nSPS) is 19.6. The molecule has 1 fully saturated rings. The molecule has 0 aromatic heterocycles. The zero-order valence-electron chi connectivity index (χ0n) is 11.6. The molecule has 1 aliphatic heterocycles. The molecule has 0 bridgehead atoms. The zero-order chi connectivity index (χ0) is 14.2. The number of nitrogens with two attached hydrogens (primary N) is 1. The van der Waals surface area contributed by atoms with Gasteiger partial charge in [-0.2, -0.15) is 4.31 Å². The molecule has 1 unspecified atom stereocenters. The van der Waals surface area contributed by atoms with Gasteiger partial charge in [-0.15, -0.1) is 12.4 Å². The van der Waals surface area contributed by atoms with Crippen LogP contribution in [0.2, 0.25) is 0 Å². The smallest absolute Gasteiger partial charge is 0.243 e. The lowest BCUT2D eigenvalue weighted by molar-refractivity contribution is 0.393. The van der Waals surface area contributed by atoms with Gasteiger partial charge in [0.05, 0.1) is 4.90 Å². The van der Waals surface area contributed by atoms with Crippen molar-refractivity contribution in [2.24, 2.45) is 5.73 Å². The molecule has 0 aliphatic carbocycles. The third kappa shape index (κ3) is 2.92. The van der Waals surface area contributed by atoms with Gasteiger partial charge in [0.1, 0.15) is 0 Å². The molecule has 1 saturated heterocycles. The van der Waals surface area contributed by atoms with E-state index in [9.17, 15) is 8.42 Å². The fourth-order valence-corrected chi connectivity index (χ4v) is 4.56. The van der Waals surface area contributed by atoms with Crippen LogP contribution in [0.4, 0.5) is 0 Å². The molecule has 114 valence electrons. The van der Waals surface area contributed by atoms with Crippen molar-refractivity contribution in [1.29, 1.82) is 0 Å². The van der Waals surface area contributed by atoms with Crippen molar-refractivity contribution in [2.75, 3.05) is 13.1 Å². The van der Waals surface area contributed by atoms with E-state index in [-0.39, 0.29) is 18.4 Å². The summed E-state index contributed by atoms with van der Waals surface area (Å²) >= 11 is 0. The number of benzene rings is 2. The van der Waals surface area contributed by atoms with Gasteiger partial charge in [-0.1, -0.05) is 30.3 Å². The van der Waals surface area contributed by atoms with Crippen LogP contribution in [0.3, 0.4) is 0 Å². The lowest BCUT2D eigenvalue weighted by Gasteiger charge is -2.23. The van der Waals surface area contributed by atoms with Crippen molar-refractivity contribution in [2.45, 2.75) is 23.8 Å².